The van der Waals surface area contributed by atoms with Gasteiger partial charge in [-0.05, 0) is 26.0 Å². The average molecular weight is 310 g/mol. The molecule has 0 bridgehead atoms. The van der Waals surface area contributed by atoms with E-state index in [-0.39, 0.29) is 11.7 Å². The number of ether oxygens (including phenoxy) is 1. The first-order valence-corrected chi connectivity index (χ1v) is 6.97. The molecule has 1 amide bonds. The third-order valence-corrected chi connectivity index (χ3v) is 3.42. The lowest BCUT2D eigenvalue weighted by Gasteiger charge is -2.06. The first-order valence-electron chi connectivity index (χ1n) is 6.59. The summed E-state index contributed by atoms with van der Waals surface area (Å²) in [5.41, 5.74) is 1.56. The molecule has 0 fully saturated rings. The number of carbonyl (C=O) groups excluding carboxylic acids is 2. The van der Waals surface area contributed by atoms with Crippen LogP contribution in [0.5, 0.6) is 0 Å². The maximum absolute atomic E-state index is 11.9. The zero-order valence-electron chi connectivity index (χ0n) is 12.1. The van der Waals surface area contributed by atoms with E-state index in [1.807, 2.05) is 13.8 Å². The van der Waals surface area contributed by atoms with E-state index in [1.54, 1.807) is 16.7 Å². The maximum Gasteiger partial charge on any atom is 0.374 e. The number of esters is 1. The van der Waals surface area contributed by atoms with Gasteiger partial charge in [-0.25, -0.2) is 9.78 Å². The van der Waals surface area contributed by atoms with Crippen LogP contribution in [-0.2, 0) is 11.3 Å². The molecule has 1 aromatic carbocycles. The number of nitrogens with one attached hydrogen (secondary N) is 1. The topological polar surface area (TPSA) is 73.2 Å². The van der Waals surface area contributed by atoms with Crippen LogP contribution in [-0.4, -0.2) is 35.1 Å². The van der Waals surface area contributed by atoms with Gasteiger partial charge in [-0.2, -0.15) is 0 Å². The zero-order valence-corrected chi connectivity index (χ0v) is 12.8. The molecule has 21 heavy (non-hydrogen) atoms. The second kappa shape index (κ2) is 6.13. The number of fused-ring (bicyclic) bond motifs is 1. The predicted molar refractivity (Wildman–Crippen MR) is 79.8 cm³/mol. The second-order valence-corrected chi connectivity index (χ2v) is 4.76. The Morgan fingerprint density at radius 2 is 2.10 bits per heavy atom. The van der Waals surface area contributed by atoms with E-state index in [9.17, 15) is 9.59 Å². The highest BCUT2D eigenvalue weighted by atomic mass is 35.5. The Balaban J connectivity index is 2.64. The molecule has 0 radical (unpaired) electrons. The molecule has 0 saturated carbocycles. The summed E-state index contributed by atoms with van der Waals surface area (Å²) in [7, 11) is 1.30. The molecule has 0 unspecified atom stereocenters. The number of amides is 1. The zero-order chi connectivity index (χ0) is 15.6. The van der Waals surface area contributed by atoms with Crippen LogP contribution in [0.15, 0.2) is 12.1 Å². The lowest BCUT2D eigenvalue weighted by Crippen LogP contribution is -2.22. The van der Waals surface area contributed by atoms with Gasteiger partial charge < -0.3 is 14.6 Å². The number of halogens is 1. The van der Waals surface area contributed by atoms with Crippen LogP contribution in [0.1, 0.15) is 34.8 Å². The van der Waals surface area contributed by atoms with Gasteiger partial charge in [0.2, 0.25) is 5.82 Å². The summed E-state index contributed by atoms with van der Waals surface area (Å²) in [6, 6.07) is 3.23. The SMILES string of the molecule is CCNC(=O)c1cc2nc(C(=O)OC)n(CC)c2cc1Cl. The average Bonchev–Trinajstić information content (AvgIpc) is 2.83. The molecule has 0 aliphatic carbocycles. The first kappa shape index (κ1) is 15.3. The molecule has 112 valence electrons. The van der Waals surface area contributed by atoms with Crippen LogP contribution < -0.4 is 5.32 Å². The van der Waals surface area contributed by atoms with Crippen molar-refractivity contribution in [1.82, 2.24) is 14.9 Å². The van der Waals surface area contributed by atoms with Gasteiger partial charge in [0.15, 0.2) is 0 Å². The second-order valence-electron chi connectivity index (χ2n) is 4.35. The Kier molecular flexibility index (Phi) is 4.47. The van der Waals surface area contributed by atoms with E-state index in [0.29, 0.717) is 34.7 Å². The minimum Gasteiger partial charge on any atom is -0.463 e. The smallest absolute Gasteiger partial charge is 0.374 e. The van der Waals surface area contributed by atoms with Crippen LogP contribution in [0.3, 0.4) is 0 Å². The molecule has 2 rings (SSSR count). The van der Waals surface area contributed by atoms with Gasteiger partial charge in [0.25, 0.3) is 5.91 Å². The van der Waals surface area contributed by atoms with Gasteiger partial charge >= 0.3 is 5.97 Å². The van der Waals surface area contributed by atoms with Gasteiger partial charge in [-0.3, -0.25) is 4.79 Å². The van der Waals surface area contributed by atoms with Crippen molar-refractivity contribution in [3.05, 3.63) is 28.5 Å². The molecule has 1 heterocycles. The van der Waals surface area contributed by atoms with Crippen LogP contribution in [0.25, 0.3) is 11.0 Å². The van der Waals surface area contributed by atoms with Crippen molar-refractivity contribution in [3.63, 3.8) is 0 Å². The Hall–Kier alpha value is -2.08. The van der Waals surface area contributed by atoms with Gasteiger partial charge in [-0.1, -0.05) is 11.6 Å². The molecule has 0 saturated heterocycles. The van der Waals surface area contributed by atoms with Crippen molar-refractivity contribution >= 4 is 34.5 Å². The van der Waals surface area contributed by atoms with Crippen LogP contribution >= 0.6 is 11.6 Å². The van der Waals surface area contributed by atoms with Crippen LogP contribution in [0.2, 0.25) is 5.02 Å². The molecular weight excluding hydrogens is 294 g/mol. The van der Waals surface area contributed by atoms with Crippen LogP contribution in [0, 0.1) is 0 Å². The first-order chi connectivity index (χ1) is 10.0. The molecule has 0 spiro atoms. The van der Waals surface area contributed by atoms with Gasteiger partial charge in [0.05, 0.1) is 28.7 Å². The Morgan fingerprint density at radius 3 is 2.67 bits per heavy atom. The molecule has 6 nitrogen and oxygen atoms in total. The van der Waals surface area contributed by atoms with Crippen molar-refractivity contribution in [2.75, 3.05) is 13.7 Å². The summed E-state index contributed by atoms with van der Waals surface area (Å²) < 4.78 is 6.42. The van der Waals surface area contributed by atoms with Crippen molar-refractivity contribution in [2.24, 2.45) is 0 Å². The van der Waals surface area contributed by atoms with E-state index >= 15 is 0 Å². The minimum absolute atomic E-state index is 0.194. The Labute approximate surface area is 127 Å². The molecule has 0 atom stereocenters. The quantitative estimate of drug-likeness (QED) is 0.879. The highest BCUT2D eigenvalue weighted by Crippen LogP contribution is 2.25. The van der Waals surface area contributed by atoms with E-state index in [2.05, 4.69) is 10.3 Å². The van der Waals surface area contributed by atoms with Crippen molar-refractivity contribution < 1.29 is 14.3 Å². The van der Waals surface area contributed by atoms with Gasteiger partial charge in [-0.15, -0.1) is 0 Å². The Bertz CT molecular complexity index is 709. The number of methoxy groups -OCH3 is 1. The molecule has 1 N–H and O–H groups in total. The molecular formula is C14H16ClN3O3. The number of hydrogen-bond donors (Lipinski definition) is 1. The Morgan fingerprint density at radius 1 is 1.38 bits per heavy atom. The maximum atomic E-state index is 11.9. The summed E-state index contributed by atoms with van der Waals surface area (Å²) in [5, 5.41) is 3.01. The summed E-state index contributed by atoms with van der Waals surface area (Å²) in [6.45, 7) is 4.76. The third-order valence-electron chi connectivity index (χ3n) is 3.10. The molecule has 0 aliphatic rings. The van der Waals surface area contributed by atoms with Gasteiger partial charge in [0.1, 0.15) is 0 Å². The predicted octanol–water partition coefficient (Wildman–Crippen LogP) is 2.25. The monoisotopic (exact) mass is 309 g/mol. The highest BCUT2D eigenvalue weighted by Gasteiger charge is 2.20. The van der Waals surface area contributed by atoms with E-state index in [0.717, 1.165) is 0 Å². The number of hydrogen-bond acceptors (Lipinski definition) is 4. The van der Waals surface area contributed by atoms with Crippen molar-refractivity contribution in [3.8, 4) is 0 Å². The molecule has 1 aromatic heterocycles. The normalized spacial score (nSPS) is 10.7. The number of carbonyl (C=O) groups is 2. The molecule has 2 aromatic rings. The van der Waals surface area contributed by atoms with E-state index in [4.69, 9.17) is 16.3 Å². The third kappa shape index (κ3) is 2.71. The lowest BCUT2D eigenvalue weighted by molar-refractivity contribution is 0.0582. The van der Waals surface area contributed by atoms with E-state index < -0.39 is 5.97 Å². The lowest BCUT2D eigenvalue weighted by atomic mass is 10.2. The van der Waals surface area contributed by atoms with E-state index in [1.165, 1.54) is 7.11 Å². The number of benzene rings is 1. The fraction of sp³-hybridized carbons (Fsp3) is 0.357. The summed E-state index contributed by atoms with van der Waals surface area (Å²) in [4.78, 5) is 27.9. The van der Waals surface area contributed by atoms with Crippen molar-refractivity contribution in [1.29, 1.82) is 0 Å². The van der Waals surface area contributed by atoms with Gasteiger partial charge in [0, 0.05) is 13.1 Å². The van der Waals surface area contributed by atoms with Crippen molar-refractivity contribution in [2.45, 2.75) is 20.4 Å². The van der Waals surface area contributed by atoms with Crippen LogP contribution in [0.4, 0.5) is 0 Å². The fourth-order valence-electron chi connectivity index (χ4n) is 2.14. The summed E-state index contributed by atoms with van der Waals surface area (Å²) in [5.74, 6) is -0.599. The summed E-state index contributed by atoms with van der Waals surface area (Å²) in [6.07, 6.45) is 0. The largest absolute Gasteiger partial charge is 0.463 e. The number of aromatic nitrogens is 2. The summed E-state index contributed by atoms with van der Waals surface area (Å²) >= 11 is 6.17. The molecule has 7 heteroatoms. The number of rotatable bonds is 4. The molecule has 0 aliphatic heterocycles. The number of aryl methyl sites for hydroxylation is 1. The minimum atomic E-state index is -0.524. The number of nitrogens with zero attached hydrogens (tertiary/aromatic N) is 2. The number of imidazole rings is 1. The fourth-order valence-corrected chi connectivity index (χ4v) is 2.39. The highest BCUT2D eigenvalue weighted by molar-refractivity contribution is 6.34. The standard InChI is InChI=1S/C14H16ClN3O3/c1-4-16-13(19)8-6-10-11(7-9(8)15)18(5-2)12(17-10)14(20)21-3/h6-7H,4-5H2,1-3H3,(H,16,19).